The van der Waals surface area contributed by atoms with Crippen LogP contribution in [0.4, 0.5) is 0 Å². The second-order valence-electron chi connectivity index (χ2n) is 1.87. The second-order valence-corrected chi connectivity index (χ2v) is 1.87. The quantitative estimate of drug-likeness (QED) is 0.378. The van der Waals surface area contributed by atoms with E-state index in [0.29, 0.717) is 12.0 Å². The fraction of sp³-hybridized carbons (Fsp3) is 0.333. The molecular weight excluding hydrogens is 144 g/mol. The van der Waals surface area contributed by atoms with Crippen LogP contribution >= 0.6 is 0 Å². The summed E-state index contributed by atoms with van der Waals surface area (Å²) in [6, 6.07) is 0. The zero-order valence-electron chi connectivity index (χ0n) is 5.99. The number of aliphatic hydroxyl groups excluding tert-OH is 1. The SMILES string of the molecule is OCCNN=c1cncc[nH]1. The minimum atomic E-state index is 0.0732. The van der Waals surface area contributed by atoms with Gasteiger partial charge in [-0.1, -0.05) is 0 Å². The van der Waals surface area contributed by atoms with Crippen LogP contribution in [0.2, 0.25) is 0 Å². The van der Waals surface area contributed by atoms with Crippen molar-refractivity contribution < 1.29 is 5.11 Å². The molecule has 0 aliphatic heterocycles. The Morgan fingerprint density at radius 2 is 2.64 bits per heavy atom. The van der Waals surface area contributed by atoms with E-state index in [1.165, 1.54) is 0 Å². The van der Waals surface area contributed by atoms with Gasteiger partial charge in [0.1, 0.15) is 0 Å². The van der Waals surface area contributed by atoms with E-state index in [4.69, 9.17) is 5.11 Å². The number of H-pyrrole nitrogens is 1. The van der Waals surface area contributed by atoms with Crippen LogP contribution in [0.1, 0.15) is 0 Å². The summed E-state index contributed by atoms with van der Waals surface area (Å²) < 4.78 is 0. The Morgan fingerprint density at radius 1 is 1.73 bits per heavy atom. The lowest BCUT2D eigenvalue weighted by Crippen LogP contribution is -2.18. The van der Waals surface area contributed by atoms with Gasteiger partial charge in [0.15, 0.2) is 5.49 Å². The number of aromatic amines is 1. The Hall–Kier alpha value is -1.36. The predicted octanol–water partition coefficient (Wildman–Crippen LogP) is -1.19. The number of hydrogen-bond acceptors (Lipinski definition) is 4. The van der Waals surface area contributed by atoms with Gasteiger partial charge in [0.05, 0.1) is 19.3 Å². The van der Waals surface area contributed by atoms with Crippen molar-refractivity contribution >= 4 is 0 Å². The van der Waals surface area contributed by atoms with Crippen molar-refractivity contribution in [2.75, 3.05) is 13.2 Å². The molecule has 0 unspecified atom stereocenters. The summed E-state index contributed by atoms with van der Waals surface area (Å²) in [7, 11) is 0. The molecule has 0 saturated carbocycles. The van der Waals surface area contributed by atoms with Crippen LogP contribution in [0.5, 0.6) is 0 Å². The normalized spacial score (nSPS) is 11.5. The molecule has 1 heterocycles. The van der Waals surface area contributed by atoms with Crippen molar-refractivity contribution in [2.45, 2.75) is 0 Å². The maximum absolute atomic E-state index is 8.40. The van der Waals surface area contributed by atoms with Gasteiger partial charge in [-0.05, 0) is 0 Å². The molecule has 60 valence electrons. The Bertz CT molecular complexity index is 239. The number of nitrogens with one attached hydrogen (secondary N) is 2. The first-order valence-electron chi connectivity index (χ1n) is 3.29. The van der Waals surface area contributed by atoms with Crippen molar-refractivity contribution in [2.24, 2.45) is 5.10 Å². The molecule has 0 aliphatic carbocycles. The predicted molar refractivity (Wildman–Crippen MR) is 39.2 cm³/mol. The van der Waals surface area contributed by atoms with Crippen LogP contribution in [0.3, 0.4) is 0 Å². The summed E-state index contributed by atoms with van der Waals surface area (Å²) in [6.45, 7) is 0.520. The van der Waals surface area contributed by atoms with E-state index in [1.807, 2.05) is 0 Å². The van der Waals surface area contributed by atoms with Crippen molar-refractivity contribution in [1.29, 1.82) is 0 Å². The molecule has 0 aromatic carbocycles. The topological polar surface area (TPSA) is 73.3 Å². The fourth-order valence-electron chi connectivity index (χ4n) is 0.569. The lowest BCUT2D eigenvalue weighted by atomic mass is 10.7. The van der Waals surface area contributed by atoms with E-state index in [0.717, 1.165) is 0 Å². The Labute approximate surface area is 63.8 Å². The van der Waals surface area contributed by atoms with Crippen molar-refractivity contribution in [1.82, 2.24) is 15.4 Å². The third kappa shape index (κ3) is 2.81. The maximum Gasteiger partial charge on any atom is 0.168 e. The van der Waals surface area contributed by atoms with E-state index in [9.17, 15) is 0 Å². The molecule has 5 nitrogen and oxygen atoms in total. The zero-order chi connectivity index (χ0) is 7.94. The maximum atomic E-state index is 8.40. The third-order valence-electron chi connectivity index (χ3n) is 1.01. The smallest absolute Gasteiger partial charge is 0.168 e. The fourth-order valence-corrected chi connectivity index (χ4v) is 0.569. The van der Waals surface area contributed by atoms with Gasteiger partial charge in [-0.15, -0.1) is 0 Å². The van der Waals surface area contributed by atoms with Crippen LogP contribution in [0, 0.1) is 0 Å². The largest absolute Gasteiger partial charge is 0.394 e. The highest BCUT2D eigenvalue weighted by Gasteiger charge is 1.77. The van der Waals surface area contributed by atoms with Gasteiger partial charge in [-0.2, -0.15) is 5.10 Å². The van der Waals surface area contributed by atoms with Gasteiger partial charge < -0.3 is 15.5 Å². The number of aliphatic hydroxyl groups is 1. The van der Waals surface area contributed by atoms with Crippen LogP contribution in [-0.4, -0.2) is 28.2 Å². The Kier molecular flexibility index (Phi) is 3.14. The number of hydrogen-bond donors (Lipinski definition) is 3. The van der Waals surface area contributed by atoms with E-state index in [1.54, 1.807) is 18.6 Å². The molecule has 0 bridgehead atoms. The molecule has 1 aromatic heterocycles. The van der Waals surface area contributed by atoms with E-state index in [-0.39, 0.29) is 6.61 Å². The highest BCUT2D eigenvalue weighted by Crippen LogP contribution is 1.62. The highest BCUT2D eigenvalue weighted by molar-refractivity contribution is 4.72. The standard InChI is InChI=1S/C6H10N4O/c11-4-3-9-10-6-5-7-1-2-8-6/h1-2,5,9,11H,3-4H2,(H,8,10). The molecule has 5 heteroatoms. The van der Waals surface area contributed by atoms with Crippen LogP contribution in [-0.2, 0) is 0 Å². The van der Waals surface area contributed by atoms with Gasteiger partial charge in [0, 0.05) is 12.4 Å². The first-order chi connectivity index (χ1) is 5.43. The molecular formula is C6H10N4O. The van der Waals surface area contributed by atoms with Gasteiger partial charge >= 0.3 is 0 Å². The summed E-state index contributed by atoms with van der Waals surface area (Å²) >= 11 is 0. The van der Waals surface area contributed by atoms with E-state index in [2.05, 4.69) is 20.5 Å². The number of rotatable bonds is 3. The first-order valence-corrected chi connectivity index (χ1v) is 3.29. The molecule has 0 saturated heterocycles. The molecule has 0 fully saturated rings. The molecule has 1 aromatic rings. The summed E-state index contributed by atoms with van der Waals surface area (Å²) in [6.07, 6.45) is 4.90. The molecule has 0 spiro atoms. The highest BCUT2D eigenvalue weighted by atomic mass is 16.3. The minimum Gasteiger partial charge on any atom is -0.394 e. The summed E-state index contributed by atoms with van der Waals surface area (Å²) in [5.74, 6) is 0. The zero-order valence-corrected chi connectivity index (χ0v) is 5.99. The lowest BCUT2D eigenvalue weighted by Gasteiger charge is -1.92. The Morgan fingerprint density at radius 3 is 3.27 bits per heavy atom. The van der Waals surface area contributed by atoms with Gasteiger partial charge in [0.25, 0.3) is 0 Å². The van der Waals surface area contributed by atoms with Crippen molar-refractivity contribution in [3.63, 3.8) is 0 Å². The van der Waals surface area contributed by atoms with E-state index >= 15 is 0 Å². The molecule has 1 rings (SSSR count). The molecule has 11 heavy (non-hydrogen) atoms. The molecule has 3 N–H and O–H groups in total. The number of aromatic nitrogens is 2. The monoisotopic (exact) mass is 154 g/mol. The van der Waals surface area contributed by atoms with Gasteiger partial charge in [0.2, 0.25) is 0 Å². The number of nitrogens with zero attached hydrogens (tertiary/aromatic N) is 2. The van der Waals surface area contributed by atoms with Crippen LogP contribution in [0.15, 0.2) is 23.7 Å². The molecule has 0 atom stereocenters. The van der Waals surface area contributed by atoms with Crippen molar-refractivity contribution in [3.05, 3.63) is 24.1 Å². The lowest BCUT2D eigenvalue weighted by molar-refractivity contribution is 0.292. The van der Waals surface area contributed by atoms with Crippen LogP contribution < -0.4 is 10.9 Å². The first kappa shape index (κ1) is 7.74. The molecule has 0 radical (unpaired) electrons. The average Bonchev–Trinajstić information content (AvgIpc) is 2.07. The minimum absolute atomic E-state index is 0.0732. The van der Waals surface area contributed by atoms with Gasteiger partial charge in [-0.3, -0.25) is 4.98 Å². The molecule has 0 aliphatic rings. The van der Waals surface area contributed by atoms with E-state index < -0.39 is 0 Å². The second kappa shape index (κ2) is 4.45. The molecule has 0 amide bonds. The third-order valence-corrected chi connectivity index (χ3v) is 1.01. The van der Waals surface area contributed by atoms with Crippen LogP contribution in [0.25, 0.3) is 0 Å². The average molecular weight is 154 g/mol. The summed E-state index contributed by atoms with van der Waals surface area (Å²) in [4.78, 5) is 6.69. The summed E-state index contributed by atoms with van der Waals surface area (Å²) in [5.41, 5.74) is 3.29. The van der Waals surface area contributed by atoms with Gasteiger partial charge in [-0.25, -0.2) is 0 Å². The summed E-state index contributed by atoms with van der Waals surface area (Å²) in [5, 5.41) is 12.3. The Balaban J connectivity index is 2.54. The van der Waals surface area contributed by atoms with Crippen molar-refractivity contribution in [3.8, 4) is 0 Å².